The van der Waals surface area contributed by atoms with Gasteiger partial charge in [0.1, 0.15) is 11.1 Å². The van der Waals surface area contributed by atoms with Crippen LogP contribution < -0.4 is 11.1 Å². The second-order valence-electron chi connectivity index (χ2n) is 3.21. The summed E-state index contributed by atoms with van der Waals surface area (Å²) in [6.07, 6.45) is -4.52. The Morgan fingerprint density at radius 2 is 2.12 bits per heavy atom. The van der Waals surface area contributed by atoms with Crippen molar-refractivity contribution in [1.82, 2.24) is 4.98 Å². The van der Waals surface area contributed by atoms with Gasteiger partial charge in [-0.25, -0.2) is 0 Å². The van der Waals surface area contributed by atoms with Crippen molar-refractivity contribution in [3.63, 3.8) is 0 Å². The summed E-state index contributed by atoms with van der Waals surface area (Å²) < 4.78 is 42.7. The first-order valence-electron chi connectivity index (χ1n) is 4.46. The number of guanidine groups is 1. The highest BCUT2D eigenvalue weighted by Gasteiger charge is 2.34. The molecule has 0 aliphatic heterocycles. The highest BCUT2D eigenvalue weighted by Crippen LogP contribution is 2.35. The van der Waals surface area contributed by atoms with E-state index in [2.05, 4.69) is 10.3 Å². The van der Waals surface area contributed by atoms with Gasteiger partial charge in [-0.1, -0.05) is 6.07 Å². The van der Waals surface area contributed by atoms with E-state index in [-0.39, 0.29) is 17.1 Å². The van der Waals surface area contributed by atoms with Crippen molar-refractivity contribution in [2.75, 3.05) is 5.32 Å². The van der Waals surface area contributed by atoms with Gasteiger partial charge in [-0.05, 0) is 12.1 Å². The Labute approximate surface area is 92.9 Å². The number of nitrogens with one attached hydrogen (secondary N) is 2. The molecule has 8 heteroatoms. The molecule has 0 saturated heterocycles. The second-order valence-corrected chi connectivity index (χ2v) is 3.21. The van der Waals surface area contributed by atoms with Gasteiger partial charge in [-0.15, -0.1) is 0 Å². The Kier molecular flexibility index (Phi) is 2.41. The molecule has 0 spiro atoms. The first kappa shape index (κ1) is 11.2. The maximum Gasteiger partial charge on any atom is 0.420 e. The SMILES string of the molecule is N=C(N)Nc1nc2cccc(C(F)(F)F)c2o1. The molecule has 0 amide bonds. The van der Waals surface area contributed by atoms with Gasteiger partial charge in [-0.3, -0.25) is 10.7 Å². The first-order chi connectivity index (χ1) is 7.88. The van der Waals surface area contributed by atoms with Gasteiger partial charge in [-0.2, -0.15) is 18.2 Å². The lowest BCUT2D eigenvalue weighted by atomic mass is 10.2. The number of hydrogen-bond acceptors (Lipinski definition) is 3. The molecule has 0 aliphatic rings. The van der Waals surface area contributed by atoms with Crippen LogP contribution in [0.5, 0.6) is 0 Å². The monoisotopic (exact) mass is 244 g/mol. The number of nitrogens with two attached hydrogens (primary N) is 1. The zero-order chi connectivity index (χ0) is 12.6. The summed E-state index contributed by atoms with van der Waals surface area (Å²) in [7, 11) is 0. The molecule has 0 bridgehead atoms. The van der Waals surface area contributed by atoms with Gasteiger partial charge in [0.2, 0.25) is 0 Å². The molecular formula is C9H7F3N4O. The van der Waals surface area contributed by atoms with Crippen LogP contribution in [-0.4, -0.2) is 10.9 Å². The molecule has 0 atom stereocenters. The minimum Gasteiger partial charge on any atom is -0.423 e. The van der Waals surface area contributed by atoms with Crippen LogP contribution in [0.2, 0.25) is 0 Å². The van der Waals surface area contributed by atoms with E-state index in [9.17, 15) is 13.2 Å². The van der Waals surface area contributed by atoms with Crippen LogP contribution in [0.3, 0.4) is 0 Å². The lowest BCUT2D eigenvalue weighted by Gasteiger charge is -2.05. The normalized spacial score (nSPS) is 11.7. The summed E-state index contributed by atoms with van der Waals surface area (Å²) in [5.41, 5.74) is 3.76. The number of alkyl halides is 3. The summed E-state index contributed by atoms with van der Waals surface area (Å²) in [6.45, 7) is 0. The van der Waals surface area contributed by atoms with Crippen molar-refractivity contribution in [2.45, 2.75) is 6.18 Å². The topological polar surface area (TPSA) is 87.9 Å². The number of fused-ring (bicyclic) bond motifs is 1. The van der Waals surface area contributed by atoms with Crippen LogP contribution in [-0.2, 0) is 6.18 Å². The van der Waals surface area contributed by atoms with Crippen molar-refractivity contribution >= 4 is 23.1 Å². The van der Waals surface area contributed by atoms with Crippen molar-refractivity contribution in [2.24, 2.45) is 5.73 Å². The van der Waals surface area contributed by atoms with E-state index < -0.39 is 17.7 Å². The average Bonchev–Trinajstić information content (AvgIpc) is 2.55. The zero-order valence-corrected chi connectivity index (χ0v) is 8.30. The van der Waals surface area contributed by atoms with Crippen molar-refractivity contribution < 1.29 is 17.6 Å². The number of anilines is 1. The third kappa shape index (κ3) is 2.14. The molecule has 0 saturated carbocycles. The fourth-order valence-corrected chi connectivity index (χ4v) is 1.34. The molecule has 0 unspecified atom stereocenters. The van der Waals surface area contributed by atoms with Gasteiger partial charge < -0.3 is 10.2 Å². The van der Waals surface area contributed by atoms with Crippen molar-refractivity contribution in [3.8, 4) is 0 Å². The molecule has 2 aromatic rings. The molecule has 4 N–H and O–H groups in total. The lowest BCUT2D eigenvalue weighted by Crippen LogP contribution is -2.20. The lowest BCUT2D eigenvalue weighted by molar-refractivity contribution is -0.136. The molecule has 0 fully saturated rings. The Balaban J connectivity index is 2.57. The third-order valence-electron chi connectivity index (χ3n) is 1.96. The van der Waals surface area contributed by atoms with Gasteiger partial charge in [0.05, 0.1) is 0 Å². The smallest absolute Gasteiger partial charge is 0.420 e. The molecule has 90 valence electrons. The summed E-state index contributed by atoms with van der Waals surface area (Å²) >= 11 is 0. The third-order valence-corrected chi connectivity index (χ3v) is 1.96. The van der Waals surface area contributed by atoms with Crippen LogP contribution >= 0.6 is 0 Å². The largest absolute Gasteiger partial charge is 0.423 e. The fourth-order valence-electron chi connectivity index (χ4n) is 1.34. The van der Waals surface area contributed by atoms with Crippen LogP contribution in [0.1, 0.15) is 5.56 Å². The molecule has 1 aromatic heterocycles. The van der Waals surface area contributed by atoms with E-state index in [1.54, 1.807) is 0 Å². The van der Waals surface area contributed by atoms with Crippen LogP contribution in [0.4, 0.5) is 19.2 Å². The van der Waals surface area contributed by atoms with E-state index in [0.717, 1.165) is 6.07 Å². The van der Waals surface area contributed by atoms with Gasteiger partial charge in [0.15, 0.2) is 11.5 Å². The molecule has 0 radical (unpaired) electrons. The number of nitrogens with zero attached hydrogens (tertiary/aromatic N) is 1. The molecule has 5 nitrogen and oxygen atoms in total. The number of hydrogen-bond donors (Lipinski definition) is 3. The molecule has 2 rings (SSSR count). The molecule has 0 aliphatic carbocycles. The van der Waals surface area contributed by atoms with E-state index in [4.69, 9.17) is 15.6 Å². The summed E-state index contributed by atoms with van der Waals surface area (Å²) in [6, 6.07) is 3.25. The Bertz CT molecular complexity index is 575. The van der Waals surface area contributed by atoms with E-state index in [1.807, 2.05) is 0 Å². The average molecular weight is 244 g/mol. The van der Waals surface area contributed by atoms with Gasteiger partial charge in [0.25, 0.3) is 0 Å². The molecule has 17 heavy (non-hydrogen) atoms. The standard InChI is InChI=1S/C9H7F3N4O/c10-9(11,12)4-2-1-3-5-6(4)17-8(15-5)16-7(13)14/h1-3H,(H4,13,14,15,16). The Morgan fingerprint density at radius 3 is 2.71 bits per heavy atom. The van der Waals surface area contributed by atoms with Crippen molar-refractivity contribution in [1.29, 1.82) is 5.41 Å². The van der Waals surface area contributed by atoms with Crippen LogP contribution in [0.25, 0.3) is 11.1 Å². The summed E-state index contributed by atoms with van der Waals surface area (Å²) in [4.78, 5) is 3.73. The van der Waals surface area contributed by atoms with E-state index in [0.29, 0.717) is 0 Å². The number of halogens is 3. The predicted molar refractivity (Wildman–Crippen MR) is 54.5 cm³/mol. The van der Waals surface area contributed by atoms with Gasteiger partial charge >= 0.3 is 12.2 Å². The summed E-state index contributed by atoms with van der Waals surface area (Å²) in [5.74, 6) is -0.467. The zero-order valence-electron chi connectivity index (χ0n) is 8.30. The maximum absolute atomic E-state index is 12.6. The Hall–Kier alpha value is -2.25. The maximum atomic E-state index is 12.6. The van der Waals surface area contributed by atoms with E-state index in [1.165, 1.54) is 12.1 Å². The summed E-state index contributed by atoms with van der Waals surface area (Å²) in [5, 5.41) is 9.12. The second kappa shape index (κ2) is 3.65. The number of oxazole rings is 1. The fraction of sp³-hybridized carbons (Fsp3) is 0.111. The molecule has 1 aromatic carbocycles. The number of aromatic nitrogens is 1. The number of rotatable bonds is 1. The van der Waals surface area contributed by atoms with Gasteiger partial charge in [0, 0.05) is 0 Å². The highest BCUT2D eigenvalue weighted by molar-refractivity contribution is 5.89. The minimum atomic E-state index is -4.52. The van der Waals surface area contributed by atoms with Crippen LogP contribution in [0, 0.1) is 5.41 Å². The van der Waals surface area contributed by atoms with Crippen LogP contribution in [0.15, 0.2) is 22.6 Å². The first-order valence-corrected chi connectivity index (χ1v) is 4.46. The highest BCUT2D eigenvalue weighted by atomic mass is 19.4. The minimum absolute atomic E-state index is 0.0450. The van der Waals surface area contributed by atoms with Crippen molar-refractivity contribution in [3.05, 3.63) is 23.8 Å². The Morgan fingerprint density at radius 1 is 1.41 bits per heavy atom. The molecule has 1 heterocycles. The number of benzene rings is 1. The quantitative estimate of drug-likeness (QED) is 0.529. The van der Waals surface area contributed by atoms with E-state index >= 15 is 0 Å². The number of para-hydroxylation sites is 1. The predicted octanol–water partition coefficient (Wildman–Crippen LogP) is 2.15. The molecular weight excluding hydrogens is 237 g/mol.